The van der Waals surface area contributed by atoms with E-state index in [0.29, 0.717) is 13.1 Å². The highest BCUT2D eigenvalue weighted by Crippen LogP contribution is 2.44. The number of urea groups is 1. The van der Waals surface area contributed by atoms with Gasteiger partial charge in [-0.25, -0.2) is 4.79 Å². The van der Waals surface area contributed by atoms with Gasteiger partial charge in [-0.15, -0.1) is 0 Å². The van der Waals surface area contributed by atoms with Crippen molar-refractivity contribution in [2.75, 3.05) is 52.4 Å². The zero-order chi connectivity index (χ0) is 17.5. The van der Waals surface area contributed by atoms with Gasteiger partial charge in [-0.05, 0) is 18.4 Å². The summed E-state index contributed by atoms with van der Waals surface area (Å²) < 4.78 is 0. The fraction of sp³-hybridized carbons (Fsp3) is 0.632. The molecule has 25 heavy (non-hydrogen) atoms. The van der Waals surface area contributed by atoms with E-state index in [9.17, 15) is 9.90 Å². The van der Waals surface area contributed by atoms with E-state index < -0.39 is 0 Å². The van der Waals surface area contributed by atoms with E-state index in [1.807, 2.05) is 0 Å². The third kappa shape index (κ3) is 5.70. The normalized spacial score (nSPS) is 20.2. The van der Waals surface area contributed by atoms with Crippen LogP contribution < -0.4 is 10.6 Å². The SMILES string of the molecule is O=C(NCCN1CCN(Cc2ccccc2)CC1)NCC1(CO)CC1. The van der Waals surface area contributed by atoms with Crippen LogP contribution in [0.1, 0.15) is 18.4 Å². The number of carbonyl (C=O) groups excluding carboxylic acids is 1. The highest BCUT2D eigenvalue weighted by atomic mass is 16.3. The lowest BCUT2D eigenvalue weighted by Gasteiger charge is -2.34. The fourth-order valence-corrected chi connectivity index (χ4v) is 3.24. The number of hydrogen-bond acceptors (Lipinski definition) is 4. The van der Waals surface area contributed by atoms with Gasteiger partial charge in [0.2, 0.25) is 0 Å². The Morgan fingerprint density at radius 3 is 2.36 bits per heavy atom. The molecule has 1 aliphatic heterocycles. The van der Waals surface area contributed by atoms with Gasteiger partial charge >= 0.3 is 6.03 Å². The predicted molar refractivity (Wildman–Crippen MR) is 98.3 cm³/mol. The summed E-state index contributed by atoms with van der Waals surface area (Å²) in [5.74, 6) is 0. The standard InChI is InChI=1S/C19H30N4O2/c24-16-19(6-7-19)15-21-18(25)20-8-9-22-10-12-23(13-11-22)14-17-4-2-1-3-5-17/h1-5,24H,6-16H2,(H2,20,21,25). The minimum Gasteiger partial charge on any atom is -0.396 e. The average Bonchev–Trinajstić information content (AvgIpc) is 3.43. The number of benzene rings is 1. The highest BCUT2D eigenvalue weighted by molar-refractivity contribution is 5.73. The van der Waals surface area contributed by atoms with Gasteiger partial charge in [0.1, 0.15) is 0 Å². The molecule has 1 aliphatic carbocycles. The number of hydrogen-bond donors (Lipinski definition) is 3. The number of aliphatic hydroxyl groups is 1. The first-order valence-corrected chi connectivity index (χ1v) is 9.30. The molecule has 3 rings (SSSR count). The monoisotopic (exact) mass is 346 g/mol. The Bertz CT molecular complexity index is 540. The van der Waals surface area contributed by atoms with Gasteiger partial charge in [0.25, 0.3) is 0 Å². The Balaban J connectivity index is 1.26. The molecular weight excluding hydrogens is 316 g/mol. The fourth-order valence-electron chi connectivity index (χ4n) is 3.24. The molecule has 1 heterocycles. The van der Waals surface area contributed by atoms with Crippen LogP contribution in [0.15, 0.2) is 30.3 Å². The molecule has 6 nitrogen and oxygen atoms in total. The van der Waals surface area contributed by atoms with Crippen molar-refractivity contribution in [3.8, 4) is 0 Å². The molecule has 0 atom stereocenters. The molecule has 2 fully saturated rings. The minimum absolute atomic E-state index is 0.0353. The molecule has 1 saturated carbocycles. The van der Waals surface area contributed by atoms with Crippen LogP contribution in [-0.2, 0) is 6.54 Å². The summed E-state index contributed by atoms with van der Waals surface area (Å²) >= 11 is 0. The van der Waals surface area contributed by atoms with Gasteiger partial charge in [-0.2, -0.15) is 0 Å². The number of aliphatic hydroxyl groups excluding tert-OH is 1. The summed E-state index contributed by atoms with van der Waals surface area (Å²) in [6.07, 6.45) is 2.02. The van der Waals surface area contributed by atoms with Crippen molar-refractivity contribution in [1.82, 2.24) is 20.4 Å². The minimum atomic E-state index is -0.123. The van der Waals surface area contributed by atoms with Crippen molar-refractivity contribution in [1.29, 1.82) is 0 Å². The first-order chi connectivity index (χ1) is 12.2. The first-order valence-electron chi connectivity index (χ1n) is 9.30. The van der Waals surface area contributed by atoms with Crippen LogP contribution in [-0.4, -0.2) is 73.4 Å². The quantitative estimate of drug-likeness (QED) is 0.654. The Hall–Kier alpha value is -1.63. The summed E-state index contributed by atoms with van der Waals surface area (Å²) in [7, 11) is 0. The molecule has 0 bridgehead atoms. The van der Waals surface area contributed by atoms with Crippen molar-refractivity contribution in [2.24, 2.45) is 5.41 Å². The zero-order valence-electron chi connectivity index (χ0n) is 14.9. The Kier molecular flexibility index (Phi) is 6.29. The van der Waals surface area contributed by atoms with Crippen molar-refractivity contribution < 1.29 is 9.90 Å². The zero-order valence-corrected chi connectivity index (χ0v) is 14.9. The molecular formula is C19H30N4O2. The van der Waals surface area contributed by atoms with Crippen LogP contribution in [0.2, 0.25) is 0 Å². The topological polar surface area (TPSA) is 67.8 Å². The van der Waals surface area contributed by atoms with Gasteiger partial charge in [0.15, 0.2) is 0 Å². The number of nitrogens with zero attached hydrogens (tertiary/aromatic N) is 2. The third-order valence-corrected chi connectivity index (χ3v) is 5.34. The molecule has 2 aliphatic rings. The first kappa shape index (κ1) is 18.2. The largest absolute Gasteiger partial charge is 0.396 e. The molecule has 0 aromatic heterocycles. The van der Waals surface area contributed by atoms with Gasteiger partial charge in [-0.1, -0.05) is 30.3 Å². The molecule has 138 valence electrons. The van der Waals surface area contributed by atoms with E-state index in [1.165, 1.54) is 5.56 Å². The van der Waals surface area contributed by atoms with E-state index in [0.717, 1.165) is 52.1 Å². The van der Waals surface area contributed by atoms with E-state index in [4.69, 9.17) is 0 Å². The molecule has 0 unspecified atom stereocenters. The number of rotatable bonds is 8. The molecule has 6 heteroatoms. The summed E-state index contributed by atoms with van der Waals surface area (Å²) in [6, 6.07) is 10.5. The lowest BCUT2D eigenvalue weighted by atomic mass is 10.1. The maximum atomic E-state index is 11.8. The Morgan fingerprint density at radius 1 is 1.04 bits per heavy atom. The van der Waals surface area contributed by atoms with Crippen LogP contribution in [0.4, 0.5) is 4.79 Å². The maximum absolute atomic E-state index is 11.8. The number of carbonyl (C=O) groups is 1. The highest BCUT2D eigenvalue weighted by Gasteiger charge is 2.42. The second-order valence-electron chi connectivity index (χ2n) is 7.37. The summed E-state index contributed by atoms with van der Waals surface area (Å²) in [6.45, 7) is 7.54. The van der Waals surface area contributed by atoms with Crippen LogP contribution >= 0.6 is 0 Å². The number of nitrogens with one attached hydrogen (secondary N) is 2. The molecule has 1 aromatic carbocycles. The Morgan fingerprint density at radius 2 is 1.72 bits per heavy atom. The van der Waals surface area contributed by atoms with Crippen LogP contribution in [0.25, 0.3) is 0 Å². The number of amides is 2. The van der Waals surface area contributed by atoms with Gasteiger partial charge < -0.3 is 15.7 Å². The van der Waals surface area contributed by atoms with Gasteiger partial charge in [0.05, 0.1) is 6.61 Å². The average molecular weight is 346 g/mol. The lowest BCUT2D eigenvalue weighted by molar-refractivity contribution is 0.128. The lowest BCUT2D eigenvalue weighted by Crippen LogP contribution is -2.49. The van der Waals surface area contributed by atoms with E-state index in [1.54, 1.807) is 0 Å². The van der Waals surface area contributed by atoms with E-state index >= 15 is 0 Å². The van der Waals surface area contributed by atoms with Gasteiger partial charge in [0, 0.05) is 57.8 Å². The molecule has 3 N–H and O–H groups in total. The predicted octanol–water partition coefficient (Wildman–Crippen LogP) is 0.876. The van der Waals surface area contributed by atoms with Crippen molar-refractivity contribution in [3.05, 3.63) is 35.9 Å². The maximum Gasteiger partial charge on any atom is 0.314 e. The summed E-state index contributed by atoms with van der Waals surface area (Å²) in [5, 5.41) is 15.0. The smallest absolute Gasteiger partial charge is 0.314 e. The molecule has 1 saturated heterocycles. The summed E-state index contributed by atoms with van der Waals surface area (Å²) in [5.41, 5.74) is 1.33. The van der Waals surface area contributed by atoms with E-state index in [2.05, 4.69) is 50.8 Å². The van der Waals surface area contributed by atoms with Crippen LogP contribution in [0.5, 0.6) is 0 Å². The third-order valence-electron chi connectivity index (χ3n) is 5.34. The van der Waals surface area contributed by atoms with Crippen molar-refractivity contribution in [3.63, 3.8) is 0 Å². The Labute approximate surface area is 150 Å². The van der Waals surface area contributed by atoms with Crippen molar-refractivity contribution in [2.45, 2.75) is 19.4 Å². The van der Waals surface area contributed by atoms with Crippen LogP contribution in [0.3, 0.4) is 0 Å². The molecule has 2 amide bonds. The second-order valence-corrected chi connectivity index (χ2v) is 7.37. The van der Waals surface area contributed by atoms with Crippen LogP contribution in [0, 0.1) is 5.41 Å². The van der Waals surface area contributed by atoms with E-state index in [-0.39, 0.29) is 18.1 Å². The molecule has 1 aromatic rings. The van der Waals surface area contributed by atoms with Gasteiger partial charge in [-0.3, -0.25) is 9.80 Å². The second kappa shape index (κ2) is 8.65. The van der Waals surface area contributed by atoms with Crippen molar-refractivity contribution >= 4 is 6.03 Å². The number of piperazine rings is 1. The summed E-state index contributed by atoms with van der Waals surface area (Å²) in [4.78, 5) is 16.7. The molecule has 0 spiro atoms. The molecule has 0 radical (unpaired) electrons.